The topological polar surface area (TPSA) is 66.4 Å². The van der Waals surface area contributed by atoms with Crippen LogP contribution in [0.15, 0.2) is 0 Å². The molecule has 1 aliphatic rings. The molecule has 0 radical (unpaired) electrons. The minimum atomic E-state index is -1.11. The predicted octanol–water partition coefficient (Wildman–Crippen LogP) is -1.09. The third kappa shape index (κ3) is 7.09. The van der Waals surface area contributed by atoms with Crippen molar-refractivity contribution in [3.63, 3.8) is 0 Å². The van der Waals surface area contributed by atoms with E-state index < -0.39 is 5.97 Å². The molecule has 0 spiro atoms. The van der Waals surface area contributed by atoms with E-state index in [1.165, 1.54) is 6.42 Å². The van der Waals surface area contributed by atoms with Crippen molar-refractivity contribution in [3.8, 4) is 0 Å². The molecule has 4 nitrogen and oxygen atoms in total. The van der Waals surface area contributed by atoms with Crippen molar-refractivity contribution in [1.29, 1.82) is 0 Å². The Kier molecular flexibility index (Phi) is 9.77. The first-order chi connectivity index (χ1) is 8.90. The molecule has 20 heavy (non-hydrogen) atoms. The first kappa shape index (κ1) is 19.9. The van der Waals surface area contributed by atoms with Gasteiger partial charge in [0.2, 0.25) is 0 Å². The molecule has 3 unspecified atom stereocenters. The van der Waals surface area contributed by atoms with Crippen molar-refractivity contribution < 1.29 is 49.0 Å². The van der Waals surface area contributed by atoms with Crippen molar-refractivity contribution >= 4 is 11.9 Å². The molecule has 0 bridgehead atoms. The van der Waals surface area contributed by atoms with Gasteiger partial charge in [-0.3, -0.25) is 4.79 Å². The van der Waals surface area contributed by atoms with Crippen molar-refractivity contribution in [2.75, 3.05) is 0 Å². The summed E-state index contributed by atoms with van der Waals surface area (Å²) in [5.41, 5.74) is 0. The van der Waals surface area contributed by atoms with E-state index in [2.05, 4.69) is 20.8 Å². The van der Waals surface area contributed by atoms with Crippen LogP contribution in [0.25, 0.3) is 0 Å². The van der Waals surface area contributed by atoms with Gasteiger partial charge in [-0.25, -0.2) is 0 Å². The Morgan fingerprint density at radius 1 is 1.25 bits per heavy atom. The third-order valence-corrected chi connectivity index (χ3v) is 4.01. The van der Waals surface area contributed by atoms with Crippen LogP contribution in [0, 0.1) is 17.8 Å². The first-order valence-electron chi connectivity index (χ1n) is 7.29. The zero-order valence-corrected chi connectivity index (χ0v) is 15.2. The van der Waals surface area contributed by atoms with Crippen LogP contribution < -0.4 is 34.7 Å². The van der Waals surface area contributed by atoms with E-state index >= 15 is 0 Å². The van der Waals surface area contributed by atoms with Crippen molar-refractivity contribution in [2.45, 2.75) is 65.4 Å². The predicted molar refractivity (Wildman–Crippen MR) is 70.1 cm³/mol. The number of rotatable bonds is 6. The number of aliphatic carboxylic acids is 1. The zero-order chi connectivity index (χ0) is 14.4. The molecule has 1 aliphatic carbocycles. The maximum Gasteiger partial charge on any atom is 1.00 e. The average molecular weight is 292 g/mol. The summed E-state index contributed by atoms with van der Waals surface area (Å²) in [5, 5.41) is 10.3. The SMILES string of the molecule is CC1CCC(C(C)C)C(OC(=O)CCCC(=O)[O-])C1.[Na+]. The second kappa shape index (κ2) is 9.80. The molecule has 0 heterocycles. The quantitative estimate of drug-likeness (QED) is 0.461. The maximum atomic E-state index is 11.7. The monoisotopic (exact) mass is 292 g/mol. The van der Waals surface area contributed by atoms with E-state index in [-0.39, 0.29) is 54.5 Å². The number of esters is 1. The Balaban J connectivity index is 0.00000361. The molecule has 1 saturated carbocycles. The molecule has 0 aromatic heterocycles. The smallest absolute Gasteiger partial charge is 0.550 e. The molecule has 0 aromatic rings. The number of carbonyl (C=O) groups is 2. The summed E-state index contributed by atoms with van der Waals surface area (Å²) in [6, 6.07) is 0. The number of carboxylic acid groups (broad SMARTS) is 1. The second-order valence-electron chi connectivity index (χ2n) is 6.08. The van der Waals surface area contributed by atoms with Crippen LogP contribution in [0.2, 0.25) is 0 Å². The summed E-state index contributed by atoms with van der Waals surface area (Å²) in [4.78, 5) is 22.0. The van der Waals surface area contributed by atoms with Crippen molar-refractivity contribution in [1.82, 2.24) is 0 Å². The molecule has 0 N–H and O–H groups in total. The van der Waals surface area contributed by atoms with Gasteiger partial charge in [0.1, 0.15) is 6.10 Å². The number of ether oxygens (including phenoxy) is 1. The van der Waals surface area contributed by atoms with Crippen LogP contribution in [-0.2, 0) is 14.3 Å². The van der Waals surface area contributed by atoms with Gasteiger partial charge in [0.05, 0.1) is 0 Å². The summed E-state index contributed by atoms with van der Waals surface area (Å²) < 4.78 is 5.57. The van der Waals surface area contributed by atoms with Crippen LogP contribution in [0.5, 0.6) is 0 Å². The molecule has 3 atom stereocenters. The summed E-state index contributed by atoms with van der Waals surface area (Å²) in [6.45, 7) is 6.52. The van der Waals surface area contributed by atoms with Crippen LogP contribution in [-0.4, -0.2) is 18.0 Å². The van der Waals surface area contributed by atoms with Gasteiger partial charge in [0.15, 0.2) is 0 Å². The zero-order valence-electron chi connectivity index (χ0n) is 13.2. The van der Waals surface area contributed by atoms with Gasteiger partial charge in [0, 0.05) is 12.4 Å². The van der Waals surface area contributed by atoms with E-state index in [1.54, 1.807) is 0 Å². The first-order valence-corrected chi connectivity index (χ1v) is 7.29. The molecule has 0 amide bonds. The molecule has 1 fully saturated rings. The molecule has 0 aliphatic heterocycles. The minimum absolute atomic E-state index is 0. The van der Waals surface area contributed by atoms with Crippen molar-refractivity contribution in [2.24, 2.45) is 17.8 Å². The summed E-state index contributed by atoms with van der Waals surface area (Å²) in [5.74, 6) is 0.149. The van der Waals surface area contributed by atoms with E-state index in [4.69, 9.17) is 4.74 Å². The largest absolute Gasteiger partial charge is 1.00 e. The van der Waals surface area contributed by atoms with Crippen LogP contribution in [0.3, 0.4) is 0 Å². The Labute approximate surface area is 143 Å². The number of carbonyl (C=O) groups excluding carboxylic acids is 2. The fourth-order valence-electron chi connectivity index (χ4n) is 2.86. The van der Waals surface area contributed by atoms with E-state index in [0.717, 1.165) is 12.8 Å². The normalized spacial score (nSPS) is 25.9. The summed E-state index contributed by atoms with van der Waals surface area (Å²) >= 11 is 0. The van der Waals surface area contributed by atoms with Gasteiger partial charge >= 0.3 is 35.5 Å². The number of hydrogen-bond acceptors (Lipinski definition) is 4. The third-order valence-electron chi connectivity index (χ3n) is 4.01. The number of carboxylic acids is 1. The molecule has 0 aromatic carbocycles. The molecule has 5 heteroatoms. The van der Waals surface area contributed by atoms with Gasteiger partial charge in [0.25, 0.3) is 0 Å². The standard InChI is InChI=1S/C15H26O4.Na/c1-10(2)12-8-7-11(3)9-13(12)19-15(18)6-4-5-14(16)17;/h10-13H,4-9H2,1-3H3,(H,16,17);/q;+1/p-1. The number of hydrogen-bond donors (Lipinski definition) is 0. The fourth-order valence-corrected chi connectivity index (χ4v) is 2.86. The van der Waals surface area contributed by atoms with Crippen molar-refractivity contribution in [3.05, 3.63) is 0 Å². The summed E-state index contributed by atoms with van der Waals surface area (Å²) in [7, 11) is 0. The molecular weight excluding hydrogens is 267 g/mol. The van der Waals surface area contributed by atoms with Crippen LogP contribution in [0.1, 0.15) is 59.3 Å². The van der Waals surface area contributed by atoms with Gasteiger partial charge in [-0.2, -0.15) is 0 Å². The van der Waals surface area contributed by atoms with Gasteiger partial charge in [-0.15, -0.1) is 0 Å². The Morgan fingerprint density at radius 2 is 1.90 bits per heavy atom. The molecule has 110 valence electrons. The fraction of sp³-hybridized carbons (Fsp3) is 0.867. The van der Waals surface area contributed by atoms with Crippen LogP contribution >= 0.6 is 0 Å². The van der Waals surface area contributed by atoms with E-state index in [0.29, 0.717) is 24.2 Å². The Morgan fingerprint density at radius 3 is 2.45 bits per heavy atom. The van der Waals surface area contributed by atoms with Gasteiger partial charge in [-0.05, 0) is 43.4 Å². The minimum Gasteiger partial charge on any atom is -0.550 e. The molecular formula is C15H25NaO4. The average Bonchev–Trinajstić information content (AvgIpc) is 2.27. The molecule has 1 rings (SSSR count). The van der Waals surface area contributed by atoms with E-state index in [9.17, 15) is 14.7 Å². The summed E-state index contributed by atoms with van der Waals surface area (Å²) in [6.07, 6.45) is 3.62. The Hall–Kier alpha value is -0.0600. The van der Waals surface area contributed by atoms with Crippen LogP contribution in [0.4, 0.5) is 0 Å². The Bertz CT molecular complexity index is 317. The molecule has 0 saturated heterocycles. The van der Waals surface area contributed by atoms with Gasteiger partial charge in [-0.1, -0.05) is 27.2 Å². The second-order valence-corrected chi connectivity index (χ2v) is 6.08. The van der Waals surface area contributed by atoms with E-state index in [1.807, 2.05) is 0 Å². The maximum absolute atomic E-state index is 11.7. The van der Waals surface area contributed by atoms with Gasteiger partial charge < -0.3 is 14.6 Å².